The minimum Gasteiger partial charge on any atom is -0.0668 e. The van der Waals surface area contributed by atoms with Crippen LogP contribution in [0.15, 0.2) is 114 Å². The lowest BCUT2D eigenvalue weighted by Gasteiger charge is -2.32. The smallest absolute Gasteiger partial charge is 0.0668 e. The van der Waals surface area contributed by atoms with Gasteiger partial charge in [0.15, 0.2) is 0 Å². The predicted octanol–water partition coefficient (Wildman–Crippen LogP) is 11.9. The highest BCUT2D eigenvalue weighted by Gasteiger charge is 2.41. The van der Waals surface area contributed by atoms with Crippen molar-refractivity contribution in [2.24, 2.45) is 0 Å². The molecule has 0 aliphatic heterocycles. The van der Waals surface area contributed by atoms with Crippen LogP contribution < -0.4 is 5.19 Å². The Morgan fingerprint density at radius 3 is 1.31 bits per heavy atom. The molecule has 2 aliphatic rings. The van der Waals surface area contributed by atoms with Crippen LogP contribution in [0, 0.1) is 13.8 Å². The number of hydrogen-bond acceptors (Lipinski definition) is 0. The van der Waals surface area contributed by atoms with Gasteiger partial charge in [-0.25, -0.2) is 0 Å². The lowest BCUT2D eigenvalue weighted by Crippen LogP contribution is -2.49. The van der Waals surface area contributed by atoms with Crippen molar-refractivity contribution in [3.63, 3.8) is 0 Å². The summed E-state index contributed by atoms with van der Waals surface area (Å²) in [7, 11) is -2.28. The summed E-state index contributed by atoms with van der Waals surface area (Å²) in [5, 5.41) is 4.74. The molecule has 7 rings (SSSR count). The van der Waals surface area contributed by atoms with Gasteiger partial charge in [0.2, 0.25) is 0 Å². The van der Waals surface area contributed by atoms with Crippen LogP contribution in [-0.4, -0.2) is 8.07 Å². The Hall–Kier alpha value is -4.20. The number of rotatable bonds is 5. The largest absolute Gasteiger partial charge is 0.137 e. The molecule has 0 radical (unpaired) electrons. The first-order chi connectivity index (χ1) is 22.7. The molecule has 0 N–H and O–H groups in total. The molecule has 0 spiro atoms. The third kappa shape index (κ3) is 5.57. The highest BCUT2D eigenvalue weighted by molar-refractivity contribution is 7.03. The summed E-state index contributed by atoms with van der Waals surface area (Å²) in [5.74, 6) is 0. The van der Waals surface area contributed by atoms with E-state index in [1.165, 1.54) is 71.9 Å². The molecule has 5 aromatic carbocycles. The second-order valence-corrected chi connectivity index (χ2v) is 20.6. The molecule has 0 fully saturated rings. The monoisotopic (exact) mass is 642 g/mol. The van der Waals surface area contributed by atoms with E-state index in [-0.39, 0.29) is 10.8 Å². The first kappa shape index (κ1) is 32.3. The fraction of sp³-hybridized carbons (Fsp3) is 0.277. The van der Waals surface area contributed by atoms with E-state index in [1.807, 2.05) is 0 Å². The Morgan fingerprint density at radius 1 is 0.479 bits per heavy atom. The lowest BCUT2D eigenvalue weighted by atomic mass is 9.84. The molecule has 0 atom stereocenters. The van der Waals surface area contributed by atoms with E-state index in [1.54, 1.807) is 10.4 Å². The van der Waals surface area contributed by atoms with Crippen LogP contribution in [0.2, 0.25) is 6.55 Å². The summed E-state index contributed by atoms with van der Waals surface area (Å²) < 4.78 is 0. The maximum absolute atomic E-state index is 2.61. The first-order valence-electron chi connectivity index (χ1n) is 17.7. The molecule has 1 heteroatoms. The van der Waals surface area contributed by atoms with Crippen LogP contribution in [0.25, 0.3) is 34.4 Å². The Labute approximate surface area is 290 Å². The molecule has 0 saturated heterocycles. The van der Waals surface area contributed by atoms with E-state index in [9.17, 15) is 0 Å². The van der Waals surface area contributed by atoms with Gasteiger partial charge >= 0.3 is 0 Å². The molecule has 242 valence electrons. The Morgan fingerprint density at radius 2 is 0.917 bits per heavy atom. The fourth-order valence-electron chi connectivity index (χ4n) is 8.06. The van der Waals surface area contributed by atoms with Crippen molar-refractivity contribution in [2.75, 3.05) is 0 Å². The number of benzene rings is 5. The molecular weight excluding hydrogens is 593 g/mol. The molecule has 5 aromatic rings. The first-order valence-corrected chi connectivity index (χ1v) is 20.2. The van der Waals surface area contributed by atoms with Gasteiger partial charge in [-0.2, -0.15) is 0 Å². The van der Waals surface area contributed by atoms with Crippen molar-refractivity contribution in [1.82, 2.24) is 0 Å². The topological polar surface area (TPSA) is 0 Å². The van der Waals surface area contributed by atoms with E-state index < -0.39 is 8.07 Å². The minimum absolute atomic E-state index is 0.138. The molecule has 0 aromatic heterocycles. The predicted molar refractivity (Wildman–Crippen MR) is 212 cm³/mol. The third-order valence-electron chi connectivity index (χ3n) is 11.2. The van der Waals surface area contributed by atoms with Crippen LogP contribution in [-0.2, 0) is 23.7 Å². The Bertz CT molecular complexity index is 1980. The van der Waals surface area contributed by atoms with Gasteiger partial charge in [0.25, 0.3) is 0 Å². The van der Waals surface area contributed by atoms with Gasteiger partial charge in [0.05, 0.1) is 0 Å². The molecular formula is C47H50Si. The second kappa shape index (κ2) is 11.7. The highest BCUT2D eigenvalue weighted by Crippen LogP contribution is 2.44. The SMILES string of the molecule is Cc1cc(C(C)(C)C)ccc1-c1cccc2c1C=C([Si](C)(C1=Cc3c(cccc3-c3ccc(C(C)(C)C)cc3C)C1)c1ccccc1)C2. The van der Waals surface area contributed by atoms with Gasteiger partial charge < -0.3 is 0 Å². The average molecular weight is 643 g/mol. The molecule has 2 aliphatic carbocycles. The van der Waals surface area contributed by atoms with Crippen molar-refractivity contribution in [3.8, 4) is 22.3 Å². The van der Waals surface area contributed by atoms with Crippen LogP contribution in [0.1, 0.15) is 86.1 Å². The zero-order valence-electron chi connectivity index (χ0n) is 30.4. The van der Waals surface area contributed by atoms with Crippen molar-refractivity contribution >= 4 is 25.4 Å². The molecule has 0 saturated carbocycles. The Kier molecular flexibility index (Phi) is 7.91. The molecule has 0 unspecified atom stereocenters. The summed E-state index contributed by atoms with van der Waals surface area (Å²) in [6, 6.07) is 39.6. The van der Waals surface area contributed by atoms with E-state index in [4.69, 9.17) is 0 Å². The lowest BCUT2D eigenvalue weighted by molar-refractivity contribution is 0.589. The van der Waals surface area contributed by atoms with Gasteiger partial charge in [-0.15, -0.1) is 0 Å². The average Bonchev–Trinajstić information content (AvgIpc) is 3.70. The zero-order valence-corrected chi connectivity index (χ0v) is 31.4. The van der Waals surface area contributed by atoms with Gasteiger partial charge in [-0.3, -0.25) is 0 Å². The maximum Gasteiger partial charge on any atom is 0.137 e. The second-order valence-electron chi connectivity index (χ2n) is 16.5. The van der Waals surface area contributed by atoms with Gasteiger partial charge in [-0.05, 0) is 104 Å². The number of fused-ring (bicyclic) bond motifs is 2. The normalized spacial score (nSPS) is 14.4. The highest BCUT2D eigenvalue weighted by atomic mass is 28.3. The van der Waals surface area contributed by atoms with Gasteiger partial charge in [-0.1, -0.05) is 179 Å². The number of aryl methyl sites for hydroxylation is 2. The van der Waals surface area contributed by atoms with Crippen LogP contribution >= 0.6 is 0 Å². The van der Waals surface area contributed by atoms with Crippen LogP contribution in [0.3, 0.4) is 0 Å². The standard InChI is InChI=1S/C47H50Si/c1-31-25-35(46(3,4)5)21-23-40(31)42-19-13-15-33-27-38(29-44(33)42)48(9,37-17-11-10-12-18-37)39-28-34-16-14-20-43(45(34)30-39)41-24-22-36(26-32(41)2)47(6,7)8/h10-26,29-30H,27-28H2,1-9H3. The molecule has 0 nitrogen and oxygen atoms in total. The molecule has 48 heavy (non-hydrogen) atoms. The third-order valence-corrected chi connectivity index (χ3v) is 15.9. The van der Waals surface area contributed by atoms with Gasteiger partial charge in [0.1, 0.15) is 8.07 Å². The summed E-state index contributed by atoms with van der Waals surface area (Å²) in [4.78, 5) is 0. The zero-order chi connectivity index (χ0) is 34.0. The van der Waals surface area contributed by atoms with E-state index in [2.05, 4.69) is 177 Å². The number of allylic oxidation sites excluding steroid dienone is 2. The van der Waals surface area contributed by atoms with Crippen molar-refractivity contribution in [3.05, 3.63) is 158 Å². The number of hydrogen-bond donors (Lipinski definition) is 0. The quantitative estimate of drug-likeness (QED) is 0.167. The summed E-state index contributed by atoms with van der Waals surface area (Å²) in [6.45, 7) is 21.0. The summed E-state index contributed by atoms with van der Waals surface area (Å²) in [6.07, 6.45) is 7.24. The van der Waals surface area contributed by atoms with Crippen molar-refractivity contribution in [1.29, 1.82) is 0 Å². The van der Waals surface area contributed by atoms with Gasteiger partial charge in [0, 0.05) is 0 Å². The molecule has 0 amide bonds. The van der Waals surface area contributed by atoms with E-state index in [0.29, 0.717) is 0 Å². The van der Waals surface area contributed by atoms with E-state index in [0.717, 1.165) is 12.8 Å². The van der Waals surface area contributed by atoms with Crippen molar-refractivity contribution in [2.45, 2.75) is 85.6 Å². The fourth-order valence-corrected chi connectivity index (χ4v) is 12.0. The van der Waals surface area contributed by atoms with Crippen molar-refractivity contribution < 1.29 is 0 Å². The van der Waals surface area contributed by atoms with E-state index >= 15 is 0 Å². The minimum atomic E-state index is -2.28. The molecule has 0 bridgehead atoms. The van der Waals surface area contributed by atoms with Crippen LogP contribution in [0.4, 0.5) is 0 Å². The summed E-state index contributed by atoms with van der Waals surface area (Å²) >= 11 is 0. The Balaban J connectivity index is 1.34. The maximum atomic E-state index is 2.61. The molecule has 0 heterocycles. The van der Waals surface area contributed by atoms with Crippen LogP contribution in [0.5, 0.6) is 0 Å². The summed E-state index contributed by atoms with van der Waals surface area (Å²) in [5.41, 5.74) is 17.0.